The van der Waals surface area contributed by atoms with Crippen molar-refractivity contribution in [2.45, 2.75) is 6.92 Å². The van der Waals surface area contributed by atoms with Crippen molar-refractivity contribution >= 4 is 17.6 Å². The molecule has 1 fully saturated rings. The number of rotatable bonds is 3. The van der Waals surface area contributed by atoms with Gasteiger partial charge in [-0.25, -0.2) is 4.79 Å². The van der Waals surface area contributed by atoms with Crippen LogP contribution in [0.1, 0.15) is 15.9 Å². The van der Waals surface area contributed by atoms with E-state index in [0.717, 1.165) is 11.3 Å². The number of piperazine rings is 1. The van der Waals surface area contributed by atoms with Gasteiger partial charge >= 0.3 is 6.03 Å². The van der Waals surface area contributed by atoms with E-state index in [4.69, 9.17) is 4.74 Å². The summed E-state index contributed by atoms with van der Waals surface area (Å²) >= 11 is 0. The number of ether oxygens (including phenoxy) is 1. The van der Waals surface area contributed by atoms with Crippen molar-refractivity contribution in [3.05, 3.63) is 59.7 Å². The SMILES string of the molecule is COc1cccc(C(=O)N2CCN(C(=O)Nc3ccc(C)cc3)CC2)c1. The van der Waals surface area contributed by atoms with Crippen LogP contribution in [0.15, 0.2) is 48.5 Å². The molecular weight excluding hydrogens is 330 g/mol. The van der Waals surface area contributed by atoms with Gasteiger partial charge in [-0.1, -0.05) is 23.8 Å². The molecule has 0 saturated carbocycles. The van der Waals surface area contributed by atoms with Gasteiger partial charge in [0, 0.05) is 37.4 Å². The lowest BCUT2D eigenvalue weighted by Crippen LogP contribution is -2.51. The minimum atomic E-state index is -0.137. The highest BCUT2D eigenvalue weighted by molar-refractivity contribution is 5.95. The molecule has 3 amide bonds. The van der Waals surface area contributed by atoms with Gasteiger partial charge in [-0.15, -0.1) is 0 Å². The van der Waals surface area contributed by atoms with Crippen LogP contribution in [0.2, 0.25) is 0 Å². The quantitative estimate of drug-likeness (QED) is 0.923. The molecule has 0 bridgehead atoms. The molecule has 1 aliphatic heterocycles. The Hall–Kier alpha value is -3.02. The van der Waals surface area contributed by atoms with E-state index in [1.165, 1.54) is 0 Å². The number of methoxy groups -OCH3 is 1. The summed E-state index contributed by atoms with van der Waals surface area (Å²) in [4.78, 5) is 28.5. The highest BCUT2D eigenvalue weighted by atomic mass is 16.5. The number of nitrogens with zero attached hydrogens (tertiary/aromatic N) is 2. The Balaban J connectivity index is 1.55. The van der Waals surface area contributed by atoms with Crippen molar-refractivity contribution in [1.29, 1.82) is 0 Å². The summed E-state index contributed by atoms with van der Waals surface area (Å²) in [7, 11) is 1.58. The van der Waals surface area contributed by atoms with E-state index >= 15 is 0 Å². The smallest absolute Gasteiger partial charge is 0.321 e. The number of carbonyl (C=O) groups excluding carboxylic acids is 2. The van der Waals surface area contributed by atoms with Crippen molar-refractivity contribution in [3.8, 4) is 5.75 Å². The number of hydrogen-bond acceptors (Lipinski definition) is 3. The number of hydrogen-bond donors (Lipinski definition) is 1. The van der Waals surface area contributed by atoms with Crippen molar-refractivity contribution in [1.82, 2.24) is 9.80 Å². The summed E-state index contributed by atoms with van der Waals surface area (Å²) in [6, 6.07) is 14.7. The van der Waals surface area contributed by atoms with E-state index in [-0.39, 0.29) is 11.9 Å². The van der Waals surface area contributed by atoms with Crippen molar-refractivity contribution in [2.24, 2.45) is 0 Å². The van der Waals surface area contributed by atoms with Crippen LogP contribution >= 0.6 is 0 Å². The molecule has 2 aromatic rings. The summed E-state index contributed by atoms with van der Waals surface area (Å²) in [6.45, 7) is 4.04. The van der Waals surface area contributed by atoms with Crippen LogP contribution < -0.4 is 10.1 Å². The fourth-order valence-electron chi connectivity index (χ4n) is 2.89. The second kappa shape index (κ2) is 7.91. The van der Waals surface area contributed by atoms with Crippen molar-refractivity contribution in [2.75, 3.05) is 38.6 Å². The zero-order valence-electron chi connectivity index (χ0n) is 15.1. The second-order valence-electron chi connectivity index (χ2n) is 6.31. The number of amides is 3. The number of urea groups is 1. The van der Waals surface area contributed by atoms with Gasteiger partial charge in [-0.05, 0) is 37.3 Å². The largest absolute Gasteiger partial charge is 0.497 e. The van der Waals surface area contributed by atoms with Gasteiger partial charge in [-0.2, -0.15) is 0 Å². The molecule has 1 N–H and O–H groups in total. The first kappa shape index (κ1) is 17.8. The molecule has 2 aromatic carbocycles. The lowest BCUT2D eigenvalue weighted by Gasteiger charge is -2.34. The number of anilines is 1. The second-order valence-corrected chi connectivity index (χ2v) is 6.31. The van der Waals surface area contributed by atoms with Gasteiger partial charge in [-0.3, -0.25) is 4.79 Å². The molecule has 136 valence electrons. The van der Waals surface area contributed by atoms with Crippen LogP contribution in [-0.2, 0) is 0 Å². The molecular formula is C20H23N3O3. The molecule has 1 saturated heterocycles. The third-order valence-corrected chi connectivity index (χ3v) is 4.47. The summed E-state index contributed by atoms with van der Waals surface area (Å²) in [5, 5.41) is 2.90. The number of nitrogens with one attached hydrogen (secondary N) is 1. The average molecular weight is 353 g/mol. The molecule has 0 aromatic heterocycles. The fraction of sp³-hybridized carbons (Fsp3) is 0.300. The Morgan fingerprint density at radius 3 is 2.27 bits per heavy atom. The Kier molecular flexibility index (Phi) is 5.41. The highest BCUT2D eigenvalue weighted by Crippen LogP contribution is 2.16. The van der Waals surface area contributed by atoms with Crippen molar-refractivity contribution < 1.29 is 14.3 Å². The molecule has 0 spiro atoms. The lowest BCUT2D eigenvalue weighted by molar-refractivity contribution is 0.0671. The Morgan fingerprint density at radius 1 is 0.962 bits per heavy atom. The Labute approximate surface area is 153 Å². The zero-order chi connectivity index (χ0) is 18.5. The topological polar surface area (TPSA) is 61.9 Å². The summed E-state index contributed by atoms with van der Waals surface area (Å²) in [5.74, 6) is 0.620. The normalized spacial score (nSPS) is 14.1. The number of benzene rings is 2. The molecule has 0 radical (unpaired) electrons. The number of carbonyl (C=O) groups is 2. The first-order chi connectivity index (χ1) is 12.6. The fourth-order valence-corrected chi connectivity index (χ4v) is 2.89. The maximum Gasteiger partial charge on any atom is 0.321 e. The molecule has 0 aliphatic carbocycles. The maximum absolute atomic E-state index is 12.6. The predicted octanol–water partition coefficient (Wildman–Crippen LogP) is 2.99. The van der Waals surface area contributed by atoms with E-state index in [1.54, 1.807) is 35.1 Å². The van der Waals surface area contributed by atoms with E-state index in [9.17, 15) is 9.59 Å². The monoisotopic (exact) mass is 353 g/mol. The van der Waals surface area contributed by atoms with Crippen LogP contribution in [0.25, 0.3) is 0 Å². The Bertz CT molecular complexity index is 781. The van der Waals surface area contributed by atoms with Gasteiger partial charge in [0.25, 0.3) is 5.91 Å². The van der Waals surface area contributed by atoms with E-state index < -0.39 is 0 Å². The van der Waals surface area contributed by atoms with Crippen LogP contribution in [0.5, 0.6) is 5.75 Å². The van der Waals surface area contributed by atoms with Crippen LogP contribution in [0.3, 0.4) is 0 Å². The molecule has 6 nitrogen and oxygen atoms in total. The number of aryl methyl sites for hydroxylation is 1. The molecule has 1 aliphatic rings. The van der Waals surface area contributed by atoms with Crippen molar-refractivity contribution in [3.63, 3.8) is 0 Å². The van der Waals surface area contributed by atoms with Gasteiger partial charge in [0.15, 0.2) is 0 Å². The van der Waals surface area contributed by atoms with Gasteiger partial charge in [0.05, 0.1) is 7.11 Å². The molecule has 1 heterocycles. The third kappa shape index (κ3) is 4.14. The summed E-state index contributed by atoms with van der Waals surface area (Å²) < 4.78 is 5.17. The molecule has 6 heteroatoms. The molecule has 0 unspecified atom stereocenters. The van der Waals surface area contributed by atoms with Crippen LogP contribution in [0.4, 0.5) is 10.5 Å². The lowest BCUT2D eigenvalue weighted by atomic mass is 10.1. The van der Waals surface area contributed by atoms with Crippen LogP contribution in [-0.4, -0.2) is 55.0 Å². The minimum Gasteiger partial charge on any atom is -0.497 e. The maximum atomic E-state index is 12.6. The first-order valence-corrected chi connectivity index (χ1v) is 8.63. The molecule has 3 rings (SSSR count). The third-order valence-electron chi connectivity index (χ3n) is 4.47. The Morgan fingerprint density at radius 2 is 1.62 bits per heavy atom. The summed E-state index contributed by atoms with van der Waals surface area (Å²) in [5.41, 5.74) is 2.52. The van der Waals surface area contributed by atoms with E-state index in [1.807, 2.05) is 37.3 Å². The van der Waals surface area contributed by atoms with E-state index in [2.05, 4.69) is 5.32 Å². The predicted molar refractivity (Wildman–Crippen MR) is 101 cm³/mol. The molecule has 26 heavy (non-hydrogen) atoms. The van der Waals surface area contributed by atoms with Gasteiger partial charge in [0.2, 0.25) is 0 Å². The minimum absolute atomic E-state index is 0.0394. The van der Waals surface area contributed by atoms with Gasteiger partial charge in [0.1, 0.15) is 5.75 Å². The standard InChI is InChI=1S/C20H23N3O3/c1-15-6-8-17(9-7-15)21-20(25)23-12-10-22(11-13-23)19(24)16-4-3-5-18(14-16)26-2/h3-9,14H,10-13H2,1-2H3,(H,21,25). The van der Waals surface area contributed by atoms with Gasteiger partial charge < -0.3 is 19.9 Å². The summed E-state index contributed by atoms with van der Waals surface area (Å²) in [6.07, 6.45) is 0. The first-order valence-electron chi connectivity index (χ1n) is 8.63. The van der Waals surface area contributed by atoms with E-state index in [0.29, 0.717) is 37.5 Å². The molecule has 0 atom stereocenters. The highest BCUT2D eigenvalue weighted by Gasteiger charge is 2.25. The average Bonchev–Trinajstić information content (AvgIpc) is 2.69. The zero-order valence-corrected chi connectivity index (χ0v) is 15.1. The van der Waals surface area contributed by atoms with Crippen LogP contribution in [0, 0.1) is 6.92 Å².